The van der Waals surface area contributed by atoms with Gasteiger partial charge in [-0.3, -0.25) is 4.98 Å². The Morgan fingerprint density at radius 2 is 2.18 bits per heavy atom. The number of pyridine rings is 1. The van der Waals surface area contributed by atoms with Gasteiger partial charge in [-0.1, -0.05) is 12.2 Å². The number of aromatic nitrogens is 1. The van der Waals surface area contributed by atoms with E-state index in [1.165, 1.54) is 0 Å². The van der Waals surface area contributed by atoms with E-state index in [4.69, 9.17) is 0 Å². The lowest BCUT2D eigenvalue weighted by Gasteiger charge is -2.33. The fourth-order valence-corrected chi connectivity index (χ4v) is 5.13. The molecule has 1 saturated heterocycles. The topological polar surface area (TPSA) is 62.3 Å². The summed E-state index contributed by atoms with van der Waals surface area (Å²) in [7, 11) is -3.33. The number of sulfonamides is 1. The van der Waals surface area contributed by atoms with E-state index in [-0.39, 0.29) is 6.04 Å². The zero-order chi connectivity index (χ0) is 15.6. The van der Waals surface area contributed by atoms with Gasteiger partial charge in [0, 0.05) is 31.5 Å². The van der Waals surface area contributed by atoms with Crippen molar-refractivity contribution in [3.8, 4) is 0 Å². The Morgan fingerprint density at radius 1 is 1.32 bits per heavy atom. The van der Waals surface area contributed by atoms with E-state index >= 15 is 0 Å². The summed E-state index contributed by atoms with van der Waals surface area (Å²) in [4.78, 5) is 4.09. The molecular weight excluding hydrogens is 298 g/mol. The first kappa shape index (κ1) is 15.6. The van der Waals surface area contributed by atoms with Gasteiger partial charge < -0.3 is 5.32 Å². The second kappa shape index (κ2) is 6.48. The van der Waals surface area contributed by atoms with Crippen LogP contribution >= 0.6 is 0 Å². The van der Waals surface area contributed by atoms with Crippen LogP contribution in [0.15, 0.2) is 18.5 Å². The average Bonchev–Trinajstić information content (AvgIpc) is 2.50. The van der Waals surface area contributed by atoms with Crippen LogP contribution in [0.3, 0.4) is 0 Å². The molecule has 1 aromatic heterocycles. The molecule has 1 N–H and O–H groups in total. The monoisotopic (exact) mass is 321 g/mol. The standard InChI is InChI=1S/C16H23N3O2S/c1-13-11-17-7-2-3-9-19(13)22(20,21)16-5-4-15-12-18-8-6-14(15)10-16/h4,6,8,10,12-13,16-17H,2-3,5,7,9,11H2,1H3/t13-,16?/m1/s1. The van der Waals surface area contributed by atoms with Gasteiger partial charge in [0.25, 0.3) is 0 Å². The van der Waals surface area contributed by atoms with E-state index < -0.39 is 15.3 Å². The quantitative estimate of drug-likeness (QED) is 0.821. The third-order valence-corrected chi connectivity index (χ3v) is 6.74. The molecule has 22 heavy (non-hydrogen) atoms. The zero-order valence-corrected chi connectivity index (χ0v) is 13.7. The predicted molar refractivity (Wildman–Crippen MR) is 88.0 cm³/mol. The number of hydrogen-bond donors (Lipinski definition) is 1. The molecule has 0 aromatic carbocycles. The van der Waals surface area contributed by atoms with Gasteiger partial charge in [0.15, 0.2) is 0 Å². The number of nitrogens with one attached hydrogen (secondary N) is 1. The van der Waals surface area contributed by atoms with Crippen molar-refractivity contribution in [3.05, 3.63) is 28.9 Å². The van der Waals surface area contributed by atoms with Gasteiger partial charge in [-0.25, -0.2) is 8.42 Å². The van der Waals surface area contributed by atoms with Crippen LogP contribution in [0.1, 0.15) is 26.2 Å². The van der Waals surface area contributed by atoms with Crippen LogP contribution in [-0.2, 0) is 10.0 Å². The summed E-state index contributed by atoms with van der Waals surface area (Å²) in [6.07, 6.45) is 9.82. The normalized spacial score (nSPS) is 27.0. The minimum absolute atomic E-state index is 0.00228. The fraction of sp³-hybridized carbons (Fsp3) is 0.562. The highest BCUT2D eigenvalue weighted by Gasteiger charge is 2.33. The molecule has 0 radical (unpaired) electrons. The summed E-state index contributed by atoms with van der Waals surface area (Å²) in [6, 6.07) is 1.88. The van der Waals surface area contributed by atoms with Crippen molar-refractivity contribution in [1.82, 2.24) is 14.6 Å². The van der Waals surface area contributed by atoms with Gasteiger partial charge in [0.1, 0.15) is 0 Å². The highest BCUT2D eigenvalue weighted by molar-refractivity contribution is 7.90. The van der Waals surface area contributed by atoms with Crippen molar-refractivity contribution in [2.24, 2.45) is 0 Å². The van der Waals surface area contributed by atoms with Crippen LogP contribution in [0.2, 0.25) is 0 Å². The van der Waals surface area contributed by atoms with Crippen LogP contribution < -0.4 is 15.8 Å². The molecule has 3 rings (SSSR count). The zero-order valence-electron chi connectivity index (χ0n) is 12.9. The molecule has 1 aliphatic heterocycles. The van der Waals surface area contributed by atoms with Gasteiger partial charge in [-0.2, -0.15) is 4.31 Å². The molecule has 6 heteroatoms. The molecule has 2 heterocycles. The summed E-state index contributed by atoms with van der Waals surface area (Å²) in [5.74, 6) is 0. The maximum absolute atomic E-state index is 13.1. The van der Waals surface area contributed by atoms with Gasteiger partial charge in [0.05, 0.1) is 5.25 Å². The van der Waals surface area contributed by atoms with Crippen LogP contribution in [0.4, 0.5) is 0 Å². The molecule has 0 amide bonds. The lowest BCUT2D eigenvalue weighted by molar-refractivity contribution is 0.299. The molecule has 1 unspecified atom stereocenters. The smallest absolute Gasteiger partial charge is 0.221 e. The van der Waals surface area contributed by atoms with Crippen LogP contribution in [-0.4, -0.2) is 48.6 Å². The third-order valence-electron chi connectivity index (χ3n) is 4.45. The summed E-state index contributed by atoms with van der Waals surface area (Å²) >= 11 is 0. The first-order chi connectivity index (χ1) is 10.6. The first-order valence-corrected chi connectivity index (χ1v) is 9.43. The molecular formula is C16H23N3O2S. The summed E-state index contributed by atoms with van der Waals surface area (Å²) in [6.45, 7) is 4.30. The lowest BCUT2D eigenvalue weighted by Crippen LogP contribution is -2.50. The third kappa shape index (κ3) is 3.09. The van der Waals surface area contributed by atoms with Crippen LogP contribution in [0.5, 0.6) is 0 Å². The summed E-state index contributed by atoms with van der Waals surface area (Å²) < 4.78 is 27.8. The minimum Gasteiger partial charge on any atom is -0.315 e. The molecule has 2 aliphatic rings. The number of nitrogens with zero attached hydrogens (tertiary/aromatic N) is 2. The second-order valence-electron chi connectivity index (χ2n) is 6.07. The largest absolute Gasteiger partial charge is 0.315 e. The SMILES string of the molecule is C[C@@H]1CNCCCCN1S(=O)(=O)C1C=c2ccncc2=CC1. The molecule has 120 valence electrons. The van der Waals surface area contributed by atoms with E-state index in [0.717, 1.165) is 36.4 Å². The minimum atomic E-state index is -3.33. The maximum Gasteiger partial charge on any atom is 0.221 e. The van der Waals surface area contributed by atoms with Gasteiger partial charge >= 0.3 is 0 Å². The number of hydrogen-bond acceptors (Lipinski definition) is 4. The number of fused-ring (bicyclic) bond motifs is 1. The molecule has 0 bridgehead atoms. The molecule has 1 aromatic rings. The summed E-state index contributed by atoms with van der Waals surface area (Å²) in [5.41, 5.74) is 0. The first-order valence-electron chi connectivity index (χ1n) is 7.92. The molecule has 0 spiro atoms. The van der Waals surface area contributed by atoms with Crippen LogP contribution in [0.25, 0.3) is 12.2 Å². The van der Waals surface area contributed by atoms with Crippen molar-refractivity contribution >= 4 is 22.2 Å². The van der Waals surface area contributed by atoms with Crippen LogP contribution in [0, 0.1) is 0 Å². The van der Waals surface area contributed by atoms with Crippen molar-refractivity contribution in [1.29, 1.82) is 0 Å². The van der Waals surface area contributed by atoms with E-state index in [9.17, 15) is 8.42 Å². The Balaban J connectivity index is 1.91. The predicted octanol–water partition coefficient (Wildman–Crippen LogP) is -0.181. The number of rotatable bonds is 2. The van der Waals surface area contributed by atoms with Crippen molar-refractivity contribution in [2.75, 3.05) is 19.6 Å². The Hall–Kier alpha value is -1.24. The molecule has 5 nitrogen and oxygen atoms in total. The average molecular weight is 321 g/mol. The Morgan fingerprint density at radius 3 is 3.05 bits per heavy atom. The Kier molecular flexibility index (Phi) is 4.61. The maximum atomic E-state index is 13.1. The fourth-order valence-electron chi connectivity index (χ4n) is 3.16. The van der Waals surface area contributed by atoms with Crippen molar-refractivity contribution in [2.45, 2.75) is 37.5 Å². The lowest BCUT2D eigenvalue weighted by atomic mass is 10.1. The Bertz CT molecular complexity index is 745. The van der Waals surface area contributed by atoms with Crippen molar-refractivity contribution < 1.29 is 8.42 Å². The highest BCUT2D eigenvalue weighted by Crippen LogP contribution is 2.20. The van der Waals surface area contributed by atoms with Gasteiger partial charge in [-0.15, -0.1) is 0 Å². The second-order valence-corrected chi connectivity index (χ2v) is 8.17. The van der Waals surface area contributed by atoms with Crippen molar-refractivity contribution in [3.63, 3.8) is 0 Å². The Labute approximate surface area is 131 Å². The highest BCUT2D eigenvalue weighted by atomic mass is 32.2. The molecule has 1 aliphatic carbocycles. The van der Waals surface area contributed by atoms with E-state index in [1.54, 1.807) is 16.7 Å². The molecule has 1 fully saturated rings. The van der Waals surface area contributed by atoms with E-state index in [2.05, 4.69) is 10.3 Å². The van der Waals surface area contributed by atoms with Gasteiger partial charge in [-0.05, 0) is 49.2 Å². The van der Waals surface area contributed by atoms with E-state index in [0.29, 0.717) is 13.0 Å². The molecule has 0 saturated carbocycles. The van der Waals surface area contributed by atoms with E-state index in [1.807, 2.05) is 25.1 Å². The summed E-state index contributed by atoms with van der Waals surface area (Å²) in [5, 5.41) is 4.85. The molecule has 2 atom stereocenters. The van der Waals surface area contributed by atoms with Gasteiger partial charge in [0.2, 0.25) is 10.0 Å².